The van der Waals surface area contributed by atoms with E-state index in [0.717, 1.165) is 0 Å². The SMILES string of the molecule is [2H]C([2H])([2H])Oc1nc(C(=O)NS(=O)(=O)c2c(OC)ccc3c2OC(C)(C)C3)ccc1Cn1cccn1. The minimum absolute atomic E-state index is 0.000652. The first kappa shape index (κ1) is 18.9. The number of hydrogen-bond acceptors (Lipinski definition) is 8. The van der Waals surface area contributed by atoms with Gasteiger partial charge >= 0.3 is 0 Å². The van der Waals surface area contributed by atoms with Crippen LogP contribution in [-0.4, -0.2) is 48.8 Å². The van der Waals surface area contributed by atoms with Gasteiger partial charge in [-0.15, -0.1) is 0 Å². The number of aromatic nitrogens is 3. The number of amides is 1. The maximum Gasteiger partial charge on any atom is 0.283 e. The lowest BCUT2D eigenvalue weighted by atomic mass is 10.0. The Bertz CT molecular complexity index is 1410. The highest BCUT2D eigenvalue weighted by Gasteiger charge is 2.38. The maximum atomic E-state index is 13.3. The molecule has 0 bridgehead atoms. The minimum atomic E-state index is -4.48. The number of hydrogen-bond donors (Lipinski definition) is 1. The van der Waals surface area contributed by atoms with Gasteiger partial charge in [0.1, 0.15) is 22.8 Å². The third-order valence-electron chi connectivity index (χ3n) is 5.03. The average Bonchev–Trinajstić information content (AvgIpc) is 3.38. The summed E-state index contributed by atoms with van der Waals surface area (Å²) in [4.78, 5) is 16.6. The van der Waals surface area contributed by atoms with Crippen molar-refractivity contribution >= 4 is 15.9 Å². The summed E-state index contributed by atoms with van der Waals surface area (Å²) in [6, 6.07) is 7.57. The van der Waals surface area contributed by atoms with E-state index >= 15 is 0 Å². The number of methoxy groups -OCH3 is 2. The Morgan fingerprint density at radius 1 is 1.30 bits per heavy atom. The lowest BCUT2D eigenvalue weighted by Crippen LogP contribution is -2.32. The summed E-state index contributed by atoms with van der Waals surface area (Å²) in [6.45, 7) is 3.75. The molecule has 10 nitrogen and oxygen atoms in total. The number of ether oxygens (including phenoxy) is 3. The number of carbonyl (C=O) groups excluding carboxylic acids is 1. The van der Waals surface area contributed by atoms with Gasteiger partial charge in [-0.2, -0.15) is 5.10 Å². The first-order chi connectivity index (χ1) is 16.8. The van der Waals surface area contributed by atoms with E-state index in [1.165, 1.54) is 30.0 Å². The van der Waals surface area contributed by atoms with E-state index in [1.54, 1.807) is 24.5 Å². The molecule has 0 unspecified atom stereocenters. The zero-order valence-electron chi connectivity index (χ0n) is 21.2. The molecule has 174 valence electrons. The quantitative estimate of drug-likeness (QED) is 0.552. The van der Waals surface area contributed by atoms with E-state index < -0.39 is 28.6 Å². The molecule has 1 amide bonds. The highest BCUT2D eigenvalue weighted by molar-refractivity contribution is 7.90. The molecule has 11 heteroatoms. The van der Waals surface area contributed by atoms with Crippen molar-refractivity contribution in [1.82, 2.24) is 19.5 Å². The van der Waals surface area contributed by atoms with Crippen LogP contribution in [-0.2, 0) is 23.0 Å². The van der Waals surface area contributed by atoms with E-state index in [2.05, 4.69) is 10.1 Å². The molecular formula is C22H24N4O6S. The zero-order valence-corrected chi connectivity index (χ0v) is 19.0. The number of nitrogens with one attached hydrogen (secondary N) is 1. The lowest BCUT2D eigenvalue weighted by Gasteiger charge is -2.19. The topological polar surface area (TPSA) is 122 Å². The van der Waals surface area contributed by atoms with Gasteiger partial charge in [0.05, 0.1) is 24.8 Å². The van der Waals surface area contributed by atoms with Crippen molar-refractivity contribution in [1.29, 1.82) is 0 Å². The fourth-order valence-corrected chi connectivity index (χ4v) is 4.90. The van der Waals surface area contributed by atoms with Gasteiger partial charge < -0.3 is 14.2 Å². The zero-order chi connectivity index (χ0) is 26.3. The first-order valence-corrected chi connectivity index (χ1v) is 11.4. The summed E-state index contributed by atoms with van der Waals surface area (Å²) < 4.78 is 68.4. The summed E-state index contributed by atoms with van der Waals surface area (Å²) in [5, 5.41) is 4.05. The van der Waals surface area contributed by atoms with Crippen LogP contribution < -0.4 is 18.9 Å². The molecule has 1 aromatic carbocycles. The van der Waals surface area contributed by atoms with Gasteiger partial charge in [0.2, 0.25) is 5.88 Å². The predicted molar refractivity (Wildman–Crippen MR) is 118 cm³/mol. The normalized spacial score (nSPS) is 16.0. The highest BCUT2D eigenvalue weighted by atomic mass is 32.2. The molecule has 0 radical (unpaired) electrons. The minimum Gasteiger partial charge on any atom is -0.495 e. The summed E-state index contributed by atoms with van der Waals surface area (Å²) in [5.74, 6) is -1.33. The molecule has 0 aliphatic carbocycles. The maximum absolute atomic E-state index is 13.3. The largest absolute Gasteiger partial charge is 0.495 e. The van der Waals surface area contributed by atoms with E-state index in [4.69, 9.17) is 18.3 Å². The molecular weight excluding hydrogens is 448 g/mol. The summed E-state index contributed by atoms with van der Waals surface area (Å²) in [5.41, 5.74) is -0.0264. The average molecular weight is 476 g/mol. The smallest absolute Gasteiger partial charge is 0.283 e. The van der Waals surface area contributed by atoms with Gasteiger partial charge in [0, 0.05) is 24.4 Å². The Labute approximate surface area is 195 Å². The van der Waals surface area contributed by atoms with Crippen LogP contribution in [0.1, 0.15) is 39.6 Å². The van der Waals surface area contributed by atoms with Crippen molar-refractivity contribution in [3.05, 3.63) is 59.5 Å². The Morgan fingerprint density at radius 3 is 2.82 bits per heavy atom. The van der Waals surface area contributed by atoms with Crippen LogP contribution >= 0.6 is 0 Å². The van der Waals surface area contributed by atoms with E-state index in [-0.39, 0.29) is 34.5 Å². The Kier molecular flexibility index (Phi) is 4.81. The molecule has 33 heavy (non-hydrogen) atoms. The second-order valence-corrected chi connectivity index (χ2v) is 9.64. The molecule has 0 atom stereocenters. The molecule has 2 aromatic heterocycles. The van der Waals surface area contributed by atoms with Crippen molar-refractivity contribution in [2.75, 3.05) is 14.1 Å². The fraction of sp³-hybridized carbons (Fsp3) is 0.318. The monoisotopic (exact) mass is 475 g/mol. The molecule has 1 N–H and O–H groups in total. The Hall–Kier alpha value is -3.60. The predicted octanol–water partition coefficient (Wildman–Crippen LogP) is 2.18. The van der Waals surface area contributed by atoms with Gasteiger partial charge in [-0.3, -0.25) is 9.48 Å². The van der Waals surface area contributed by atoms with Crippen molar-refractivity contribution in [3.63, 3.8) is 0 Å². The van der Waals surface area contributed by atoms with E-state index in [9.17, 15) is 13.2 Å². The standard InChI is InChI=1S/C22H24N4O6S/c1-22(2)12-14-7-9-17(30-3)19(18(14)32-22)33(28,29)25-20(27)16-8-6-15(21(24-16)31-4)13-26-11-5-10-23-26/h5-11H,12-13H2,1-4H3,(H,25,27)/i4D3. The molecule has 3 aromatic rings. The molecule has 0 saturated carbocycles. The number of benzene rings is 1. The van der Waals surface area contributed by atoms with Gasteiger partial charge in [-0.05, 0) is 43.7 Å². The summed E-state index contributed by atoms with van der Waals surface area (Å²) in [6.07, 6.45) is 3.67. The molecule has 3 heterocycles. The van der Waals surface area contributed by atoms with Gasteiger partial charge in [-0.1, -0.05) is 6.07 Å². The van der Waals surface area contributed by atoms with E-state index in [0.29, 0.717) is 17.5 Å². The van der Waals surface area contributed by atoms with Crippen LogP contribution in [0, 0.1) is 0 Å². The number of rotatable bonds is 7. The second-order valence-electron chi connectivity index (χ2n) is 8.02. The van der Waals surface area contributed by atoms with Crippen molar-refractivity contribution in [3.8, 4) is 17.4 Å². The second kappa shape index (κ2) is 8.39. The summed E-state index contributed by atoms with van der Waals surface area (Å²) >= 11 is 0. The Balaban J connectivity index is 1.67. The van der Waals surface area contributed by atoms with Crippen LogP contribution in [0.5, 0.6) is 17.4 Å². The van der Waals surface area contributed by atoms with Gasteiger partial charge in [0.15, 0.2) is 4.90 Å². The third-order valence-corrected chi connectivity index (χ3v) is 6.41. The van der Waals surface area contributed by atoms with Crippen LogP contribution in [0.4, 0.5) is 0 Å². The molecule has 0 saturated heterocycles. The fourth-order valence-electron chi connectivity index (χ4n) is 3.62. The van der Waals surface area contributed by atoms with Crippen molar-refractivity contribution in [2.45, 2.75) is 37.3 Å². The summed E-state index contributed by atoms with van der Waals surface area (Å²) in [7, 11) is -6.03. The van der Waals surface area contributed by atoms with Crippen LogP contribution in [0.25, 0.3) is 0 Å². The van der Waals surface area contributed by atoms with Gasteiger partial charge in [0.25, 0.3) is 15.9 Å². The Morgan fingerprint density at radius 2 is 2.12 bits per heavy atom. The van der Waals surface area contributed by atoms with Gasteiger partial charge in [-0.25, -0.2) is 18.1 Å². The van der Waals surface area contributed by atoms with Crippen molar-refractivity contribution < 1.29 is 31.5 Å². The third kappa shape index (κ3) is 4.49. The number of pyridine rings is 1. The number of nitrogens with zero attached hydrogens (tertiary/aromatic N) is 3. The van der Waals surface area contributed by atoms with Crippen molar-refractivity contribution in [2.24, 2.45) is 0 Å². The first-order valence-electron chi connectivity index (χ1n) is 11.4. The van der Waals surface area contributed by atoms with Crippen LogP contribution in [0.15, 0.2) is 47.6 Å². The molecule has 4 rings (SSSR count). The lowest BCUT2D eigenvalue weighted by molar-refractivity contribution is 0.0975. The van der Waals surface area contributed by atoms with Crippen LogP contribution in [0.2, 0.25) is 0 Å². The molecule has 1 aliphatic rings. The number of carbonyl (C=O) groups is 1. The molecule has 0 fully saturated rings. The van der Waals surface area contributed by atoms with E-state index in [1.807, 2.05) is 18.6 Å². The van der Waals surface area contributed by atoms with Crippen LogP contribution in [0.3, 0.4) is 0 Å². The molecule has 1 aliphatic heterocycles. The molecule has 0 spiro atoms. The number of sulfonamides is 1. The highest BCUT2D eigenvalue weighted by Crippen LogP contribution is 2.44. The number of fused-ring (bicyclic) bond motifs is 1.